The molecule has 2 rings (SSSR count). The molecule has 1 saturated heterocycles. The zero-order chi connectivity index (χ0) is 16.8. The standard InChI is InChI=1S/C18H24ClNO3/c1-4-8-23-18-15(19)10-13(11-17(18)22-5-2)9-14-12-20(3)7-6-16(14)21/h9-11H,4-8,12H2,1-3H3/b14-9+. The van der Waals surface area contributed by atoms with Crippen molar-refractivity contribution >= 4 is 23.5 Å². The van der Waals surface area contributed by atoms with Crippen LogP contribution in [0.2, 0.25) is 5.02 Å². The first-order valence-electron chi connectivity index (χ1n) is 8.06. The third-order valence-electron chi connectivity index (χ3n) is 3.64. The van der Waals surface area contributed by atoms with Gasteiger partial charge in [-0.05, 0) is 44.2 Å². The number of benzene rings is 1. The first-order valence-corrected chi connectivity index (χ1v) is 8.44. The van der Waals surface area contributed by atoms with Gasteiger partial charge in [-0.2, -0.15) is 0 Å². The Morgan fingerprint density at radius 3 is 2.78 bits per heavy atom. The van der Waals surface area contributed by atoms with Crippen molar-refractivity contribution in [2.45, 2.75) is 26.7 Å². The number of ether oxygens (including phenoxy) is 2. The van der Waals surface area contributed by atoms with Gasteiger partial charge in [0, 0.05) is 25.1 Å². The van der Waals surface area contributed by atoms with Crippen molar-refractivity contribution in [1.82, 2.24) is 4.90 Å². The van der Waals surface area contributed by atoms with E-state index in [4.69, 9.17) is 21.1 Å². The highest BCUT2D eigenvalue weighted by Gasteiger charge is 2.19. The molecule has 1 aliphatic rings. The number of hydrogen-bond donors (Lipinski definition) is 0. The average Bonchev–Trinajstić information content (AvgIpc) is 2.50. The molecule has 1 heterocycles. The molecule has 0 saturated carbocycles. The number of hydrogen-bond acceptors (Lipinski definition) is 4. The lowest BCUT2D eigenvalue weighted by atomic mass is 10.0. The van der Waals surface area contributed by atoms with E-state index in [1.165, 1.54) is 0 Å². The van der Waals surface area contributed by atoms with Crippen LogP contribution in [0.3, 0.4) is 0 Å². The van der Waals surface area contributed by atoms with Crippen molar-refractivity contribution in [3.05, 3.63) is 28.3 Å². The number of carbonyl (C=O) groups is 1. The summed E-state index contributed by atoms with van der Waals surface area (Å²) in [4.78, 5) is 14.2. The molecule has 1 aromatic carbocycles. The number of Topliss-reactive ketones (excluding diaryl/α,β-unsaturated/α-hetero) is 1. The van der Waals surface area contributed by atoms with E-state index in [9.17, 15) is 4.79 Å². The van der Waals surface area contributed by atoms with Gasteiger partial charge in [-0.15, -0.1) is 0 Å². The highest BCUT2D eigenvalue weighted by atomic mass is 35.5. The molecular weight excluding hydrogens is 314 g/mol. The molecule has 23 heavy (non-hydrogen) atoms. The van der Waals surface area contributed by atoms with Crippen LogP contribution in [-0.4, -0.2) is 44.0 Å². The first-order chi connectivity index (χ1) is 11.0. The Balaban J connectivity index is 2.33. The fourth-order valence-electron chi connectivity index (χ4n) is 2.52. The van der Waals surface area contributed by atoms with E-state index < -0.39 is 0 Å². The lowest BCUT2D eigenvalue weighted by Crippen LogP contribution is -2.32. The predicted octanol–water partition coefficient (Wildman–Crippen LogP) is 3.82. The van der Waals surface area contributed by atoms with Crippen molar-refractivity contribution in [2.75, 3.05) is 33.4 Å². The molecule has 0 atom stereocenters. The summed E-state index contributed by atoms with van der Waals surface area (Å²) in [6.45, 7) is 6.55. The summed E-state index contributed by atoms with van der Waals surface area (Å²) in [5.41, 5.74) is 1.67. The van der Waals surface area contributed by atoms with Crippen LogP contribution in [-0.2, 0) is 4.79 Å². The Labute approximate surface area is 143 Å². The number of likely N-dealkylation sites (tertiary alicyclic amines) is 1. The van der Waals surface area contributed by atoms with Crippen LogP contribution >= 0.6 is 11.6 Å². The van der Waals surface area contributed by atoms with E-state index in [0.717, 1.165) is 24.1 Å². The summed E-state index contributed by atoms with van der Waals surface area (Å²) in [6.07, 6.45) is 3.36. The van der Waals surface area contributed by atoms with Crippen molar-refractivity contribution in [1.29, 1.82) is 0 Å². The molecule has 0 aromatic heterocycles. The second kappa shape index (κ2) is 8.37. The Kier molecular flexibility index (Phi) is 6.48. The Morgan fingerprint density at radius 2 is 2.09 bits per heavy atom. The minimum absolute atomic E-state index is 0.198. The first kappa shape index (κ1) is 17.8. The molecule has 1 aliphatic heterocycles. The second-order valence-electron chi connectivity index (χ2n) is 5.69. The quantitative estimate of drug-likeness (QED) is 0.740. The zero-order valence-corrected chi connectivity index (χ0v) is 14.8. The lowest BCUT2D eigenvalue weighted by molar-refractivity contribution is -0.117. The number of carbonyl (C=O) groups excluding carboxylic acids is 1. The summed E-state index contributed by atoms with van der Waals surface area (Å²) in [5.74, 6) is 1.39. The SMILES string of the molecule is CCCOc1c(Cl)cc(/C=C2\CN(C)CCC2=O)cc1OCC. The molecule has 4 nitrogen and oxygen atoms in total. The Bertz CT molecular complexity index is 598. The van der Waals surface area contributed by atoms with Crippen LogP contribution in [0.4, 0.5) is 0 Å². The summed E-state index contributed by atoms with van der Waals surface area (Å²) >= 11 is 6.36. The maximum absolute atomic E-state index is 12.1. The highest BCUT2D eigenvalue weighted by Crippen LogP contribution is 2.37. The van der Waals surface area contributed by atoms with E-state index in [1.54, 1.807) is 0 Å². The molecule has 0 amide bonds. The molecule has 1 aromatic rings. The van der Waals surface area contributed by atoms with Crippen molar-refractivity contribution in [2.24, 2.45) is 0 Å². The predicted molar refractivity (Wildman–Crippen MR) is 93.5 cm³/mol. The Hall–Kier alpha value is -1.52. The van der Waals surface area contributed by atoms with Crippen molar-refractivity contribution in [3.63, 3.8) is 0 Å². The number of halogens is 1. The van der Waals surface area contributed by atoms with E-state index in [2.05, 4.69) is 4.90 Å². The third kappa shape index (κ3) is 4.72. The van der Waals surface area contributed by atoms with E-state index in [-0.39, 0.29) is 5.78 Å². The molecule has 0 bridgehead atoms. The number of likely N-dealkylation sites (N-methyl/N-ethyl adjacent to an activating group) is 1. The molecule has 126 valence electrons. The Morgan fingerprint density at radius 1 is 1.30 bits per heavy atom. The van der Waals surface area contributed by atoms with E-state index >= 15 is 0 Å². The number of nitrogens with zero attached hydrogens (tertiary/aromatic N) is 1. The largest absolute Gasteiger partial charge is 0.490 e. The minimum Gasteiger partial charge on any atom is -0.490 e. The fraction of sp³-hybridized carbons (Fsp3) is 0.500. The van der Waals surface area contributed by atoms with Gasteiger partial charge in [0.15, 0.2) is 17.3 Å². The normalized spacial score (nSPS) is 17.6. The summed E-state index contributed by atoms with van der Waals surface area (Å²) in [5, 5.41) is 0.507. The molecular formula is C18H24ClNO3. The molecule has 0 unspecified atom stereocenters. The third-order valence-corrected chi connectivity index (χ3v) is 3.92. The van der Waals surface area contributed by atoms with Crippen LogP contribution in [0.25, 0.3) is 6.08 Å². The van der Waals surface area contributed by atoms with Gasteiger partial charge in [-0.3, -0.25) is 4.79 Å². The van der Waals surface area contributed by atoms with Gasteiger partial charge in [0.1, 0.15) is 0 Å². The summed E-state index contributed by atoms with van der Waals surface area (Å²) in [7, 11) is 2.01. The van der Waals surface area contributed by atoms with Gasteiger partial charge in [-0.25, -0.2) is 0 Å². The van der Waals surface area contributed by atoms with Crippen LogP contribution < -0.4 is 9.47 Å². The molecule has 0 N–H and O–H groups in total. The molecule has 0 spiro atoms. The molecule has 0 aliphatic carbocycles. The van der Waals surface area contributed by atoms with Crippen molar-refractivity contribution in [3.8, 4) is 11.5 Å². The fourth-order valence-corrected chi connectivity index (χ4v) is 2.79. The summed E-state index contributed by atoms with van der Waals surface area (Å²) < 4.78 is 11.4. The lowest BCUT2D eigenvalue weighted by Gasteiger charge is -2.23. The van der Waals surface area contributed by atoms with Gasteiger partial charge in [-0.1, -0.05) is 18.5 Å². The smallest absolute Gasteiger partial charge is 0.179 e. The number of rotatable bonds is 6. The van der Waals surface area contributed by atoms with Crippen LogP contribution in [0.15, 0.2) is 17.7 Å². The molecule has 5 heteroatoms. The average molecular weight is 338 g/mol. The number of piperidine rings is 1. The molecule has 0 radical (unpaired) electrons. The van der Waals surface area contributed by atoms with Gasteiger partial charge in [0.25, 0.3) is 0 Å². The zero-order valence-electron chi connectivity index (χ0n) is 14.0. The van der Waals surface area contributed by atoms with Gasteiger partial charge in [0.05, 0.1) is 18.2 Å². The monoisotopic (exact) mass is 337 g/mol. The summed E-state index contributed by atoms with van der Waals surface area (Å²) in [6, 6.07) is 3.71. The maximum Gasteiger partial charge on any atom is 0.179 e. The van der Waals surface area contributed by atoms with Gasteiger partial charge in [0.2, 0.25) is 0 Å². The van der Waals surface area contributed by atoms with Gasteiger partial charge < -0.3 is 14.4 Å². The van der Waals surface area contributed by atoms with E-state index in [1.807, 2.05) is 39.1 Å². The van der Waals surface area contributed by atoms with Crippen LogP contribution in [0.1, 0.15) is 32.3 Å². The second-order valence-corrected chi connectivity index (χ2v) is 6.10. The van der Waals surface area contributed by atoms with Crippen molar-refractivity contribution < 1.29 is 14.3 Å². The minimum atomic E-state index is 0.198. The van der Waals surface area contributed by atoms with Gasteiger partial charge >= 0.3 is 0 Å². The van der Waals surface area contributed by atoms with Crippen LogP contribution in [0, 0.1) is 0 Å². The van der Waals surface area contributed by atoms with E-state index in [0.29, 0.717) is 42.7 Å². The highest BCUT2D eigenvalue weighted by molar-refractivity contribution is 6.32. The maximum atomic E-state index is 12.1. The van der Waals surface area contributed by atoms with Crippen LogP contribution in [0.5, 0.6) is 11.5 Å². The molecule has 1 fully saturated rings. The number of ketones is 1. The topological polar surface area (TPSA) is 38.8 Å².